The summed E-state index contributed by atoms with van der Waals surface area (Å²) < 4.78 is 22.0. The fraction of sp³-hybridized carbons (Fsp3) is 0.600. The third-order valence-corrected chi connectivity index (χ3v) is 3.07. The van der Waals surface area contributed by atoms with Crippen molar-refractivity contribution in [1.82, 2.24) is 0 Å². The highest BCUT2D eigenvalue weighted by Crippen LogP contribution is 2.31. The fourth-order valence-corrected chi connectivity index (χ4v) is 1.98. The van der Waals surface area contributed by atoms with Crippen LogP contribution in [0, 0.1) is 0 Å². The van der Waals surface area contributed by atoms with Crippen molar-refractivity contribution >= 4 is 0 Å². The molecule has 1 unspecified atom stereocenters. The SMILES string of the molecule is CCOCCOCC(N)c1ccc2c(c1)OCCCO2. The number of nitrogens with two attached hydrogens (primary N) is 1. The third kappa shape index (κ3) is 4.37. The fourth-order valence-electron chi connectivity index (χ4n) is 1.98. The molecule has 0 radical (unpaired) electrons. The van der Waals surface area contributed by atoms with Gasteiger partial charge in [-0.25, -0.2) is 0 Å². The molecule has 0 saturated heterocycles. The van der Waals surface area contributed by atoms with E-state index in [2.05, 4.69) is 0 Å². The summed E-state index contributed by atoms with van der Waals surface area (Å²) in [4.78, 5) is 0. The summed E-state index contributed by atoms with van der Waals surface area (Å²) in [7, 11) is 0. The number of benzene rings is 1. The van der Waals surface area contributed by atoms with Crippen LogP contribution >= 0.6 is 0 Å². The topological polar surface area (TPSA) is 62.9 Å². The number of hydrogen-bond donors (Lipinski definition) is 1. The predicted octanol–water partition coefficient (Wildman–Crippen LogP) is 1.90. The summed E-state index contributed by atoms with van der Waals surface area (Å²) in [5.74, 6) is 1.56. The Morgan fingerprint density at radius 3 is 2.70 bits per heavy atom. The highest BCUT2D eigenvalue weighted by molar-refractivity contribution is 5.44. The van der Waals surface area contributed by atoms with Gasteiger partial charge in [0.25, 0.3) is 0 Å². The highest BCUT2D eigenvalue weighted by Gasteiger charge is 2.14. The van der Waals surface area contributed by atoms with Crippen LogP contribution in [0.15, 0.2) is 18.2 Å². The molecule has 0 saturated carbocycles. The zero-order valence-corrected chi connectivity index (χ0v) is 12.0. The van der Waals surface area contributed by atoms with Gasteiger partial charge < -0.3 is 24.7 Å². The monoisotopic (exact) mass is 281 g/mol. The van der Waals surface area contributed by atoms with Gasteiger partial charge in [-0.1, -0.05) is 6.07 Å². The Labute approximate surface area is 120 Å². The molecule has 0 aromatic heterocycles. The maximum absolute atomic E-state index is 6.12. The van der Waals surface area contributed by atoms with E-state index in [0.717, 1.165) is 23.5 Å². The Hall–Kier alpha value is -1.30. The van der Waals surface area contributed by atoms with Crippen molar-refractivity contribution in [3.63, 3.8) is 0 Å². The molecular formula is C15H23NO4. The van der Waals surface area contributed by atoms with Gasteiger partial charge in [-0.15, -0.1) is 0 Å². The van der Waals surface area contributed by atoms with Crippen molar-refractivity contribution in [2.45, 2.75) is 19.4 Å². The summed E-state index contributed by atoms with van der Waals surface area (Å²) in [6, 6.07) is 5.64. The second-order valence-corrected chi connectivity index (χ2v) is 4.63. The van der Waals surface area contributed by atoms with Crippen LogP contribution in [0.5, 0.6) is 11.5 Å². The minimum atomic E-state index is -0.172. The van der Waals surface area contributed by atoms with Gasteiger partial charge in [-0.05, 0) is 24.6 Å². The van der Waals surface area contributed by atoms with Crippen molar-refractivity contribution in [2.75, 3.05) is 39.6 Å². The van der Waals surface area contributed by atoms with Crippen LogP contribution in [0.1, 0.15) is 24.9 Å². The summed E-state index contributed by atoms with van der Waals surface area (Å²) in [5.41, 5.74) is 7.11. The van der Waals surface area contributed by atoms with Gasteiger partial charge >= 0.3 is 0 Å². The molecule has 0 spiro atoms. The first-order valence-corrected chi connectivity index (χ1v) is 7.12. The summed E-state index contributed by atoms with van der Waals surface area (Å²) in [6.07, 6.45) is 0.899. The first-order chi connectivity index (χ1) is 9.81. The van der Waals surface area contributed by atoms with Crippen LogP contribution in [-0.4, -0.2) is 39.6 Å². The minimum absolute atomic E-state index is 0.172. The van der Waals surface area contributed by atoms with E-state index in [1.807, 2.05) is 25.1 Å². The molecule has 1 aliphatic heterocycles. The first kappa shape index (κ1) is 15.1. The maximum atomic E-state index is 6.12. The van der Waals surface area contributed by atoms with E-state index in [1.54, 1.807) is 0 Å². The van der Waals surface area contributed by atoms with Crippen LogP contribution in [0.4, 0.5) is 0 Å². The Morgan fingerprint density at radius 2 is 1.90 bits per heavy atom. The van der Waals surface area contributed by atoms with E-state index in [-0.39, 0.29) is 6.04 Å². The molecule has 1 heterocycles. The molecule has 0 fully saturated rings. The zero-order valence-electron chi connectivity index (χ0n) is 12.0. The van der Waals surface area contributed by atoms with Crippen molar-refractivity contribution in [3.05, 3.63) is 23.8 Å². The molecule has 1 aromatic carbocycles. The second kappa shape index (κ2) is 8.09. The van der Waals surface area contributed by atoms with E-state index in [1.165, 1.54) is 0 Å². The van der Waals surface area contributed by atoms with Gasteiger partial charge in [0, 0.05) is 13.0 Å². The molecule has 5 nitrogen and oxygen atoms in total. The lowest BCUT2D eigenvalue weighted by Gasteiger charge is -2.15. The molecule has 2 rings (SSSR count). The molecular weight excluding hydrogens is 258 g/mol. The average Bonchev–Trinajstić information content (AvgIpc) is 2.71. The number of ether oxygens (including phenoxy) is 4. The van der Waals surface area contributed by atoms with Gasteiger partial charge in [0.1, 0.15) is 0 Å². The van der Waals surface area contributed by atoms with E-state index in [4.69, 9.17) is 24.7 Å². The van der Waals surface area contributed by atoms with E-state index in [0.29, 0.717) is 39.6 Å². The lowest BCUT2D eigenvalue weighted by molar-refractivity contribution is 0.0472. The molecule has 1 atom stereocenters. The van der Waals surface area contributed by atoms with E-state index in [9.17, 15) is 0 Å². The van der Waals surface area contributed by atoms with Crippen molar-refractivity contribution in [3.8, 4) is 11.5 Å². The third-order valence-electron chi connectivity index (χ3n) is 3.07. The molecule has 0 aliphatic carbocycles. The van der Waals surface area contributed by atoms with Gasteiger partial charge in [0.15, 0.2) is 11.5 Å². The molecule has 2 N–H and O–H groups in total. The summed E-state index contributed by atoms with van der Waals surface area (Å²) in [5, 5.41) is 0. The Morgan fingerprint density at radius 1 is 1.15 bits per heavy atom. The Balaban J connectivity index is 1.86. The van der Waals surface area contributed by atoms with Crippen LogP contribution < -0.4 is 15.2 Å². The molecule has 0 amide bonds. The smallest absolute Gasteiger partial charge is 0.161 e. The van der Waals surface area contributed by atoms with Crippen LogP contribution in [-0.2, 0) is 9.47 Å². The minimum Gasteiger partial charge on any atom is -0.490 e. The van der Waals surface area contributed by atoms with Crippen molar-refractivity contribution < 1.29 is 18.9 Å². The van der Waals surface area contributed by atoms with E-state index < -0.39 is 0 Å². The summed E-state index contributed by atoms with van der Waals surface area (Å²) >= 11 is 0. The normalized spacial score (nSPS) is 15.7. The quantitative estimate of drug-likeness (QED) is 0.773. The zero-order chi connectivity index (χ0) is 14.2. The van der Waals surface area contributed by atoms with Gasteiger partial charge in [-0.3, -0.25) is 0 Å². The maximum Gasteiger partial charge on any atom is 0.161 e. The predicted molar refractivity (Wildman–Crippen MR) is 76.3 cm³/mol. The second-order valence-electron chi connectivity index (χ2n) is 4.63. The molecule has 0 bridgehead atoms. The van der Waals surface area contributed by atoms with Gasteiger partial charge in [0.05, 0.1) is 39.1 Å². The number of hydrogen-bond acceptors (Lipinski definition) is 5. The first-order valence-electron chi connectivity index (χ1n) is 7.12. The van der Waals surface area contributed by atoms with Crippen molar-refractivity contribution in [2.24, 2.45) is 5.73 Å². The Bertz CT molecular complexity index is 411. The standard InChI is InChI=1S/C15H23NO4/c1-2-17-8-9-18-11-13(16)12-4-5-14-15(10-12)20-7-3-6-19-14/h4-5,10,13H,2-3,6-9,11,16H2,1H3. The average molecular weight is 281 g/mol. The van der Waals surface area contributed by atoms with Gasteiger partial charge in [-0.2, -0.15) is 0 Å². The van der Waals surface area contributed by atoms with Crippen molar-refractivity contribution in [1.29, 1.82) is 0 Å². The van der Waals surface area contributed by atoms with Gasteiger partial charge in [0.2, 0.25) is 0 Å². The van der Waals surface area contributed by atoms with E-state index >= 15 is 0 Å². The molecule has 20 heavy (non-hydrogen) atoms. The summed E-state index contributed by atoms with van der Waals surface area (Å²) in [6.45, 7) is 5.67. The van der Waals surface area contributed by atoms with Crippen LogP contribution in [0.3, 0.4) is 0 Å². The molecule has 5 heteroatoms. The molecule has 1 aromatic rings. The Kier molecular flexibility index (Phi) is 6.11. The lowest BCUT2D eigenvalue weighted by Crippen LogP contribution is -2.18. The highest BCUT2D eigenvalue weighted by atomic mass is 16.5. The van der Waals surface area contributed by atoms with Crippen LogP contribution in [0.2, 0.25) is 0 Å². The molecule has 1 aliphatic rings. The number of fused-ring (bicyclic) bond motifs is 1. The lowest BCUT2D eigenvalue weighted by atomic mass is 10.1. The number of rotatable bonds is 7. The van der Waals surface area contributed by atoms with Crippen LogP contribution in [0.25, 0.3) is 0 Å². The molecule has 112 valence electrons. The largest absolute Gasteiger partial charge is 0.490 e.